The molecule has 2 rings (SSSR count). The molecule has 0 saturated carbocycles. The minimum atomic E-state index is -0.671. The number of thioether (sulfide) groups is 1. The fourth-order valence-corrected chi connectivity index (χ4v) is 3.59. The first-order valence-corrected chi connectivity index (χ1v) is 8.83. The van der Waals surface area contributed by atoms with E-state index in [9.17, 15) is 9.50 Å². The molecule has 0 aromatic heterocycles. The largest absolute Gasteiger partial charge is 0.387 e. The van der Waals surface area contributed by atoms with Crippen LogP contribution >= 0.6 is 35.7 Å². The molecule has 1 aliphatic heterocycles. The van der Waals surface area contributed by atoms with Gasteiger partial charge >= 0.3 is 0 Å². The fraction of sp³-hybridized carbons (Fsp3) is 0.562. The zero-order chi connectivity index (χ0) is 15.8. The van der Waals surface area contributed by atoms with Gasteiger partial charge in [0, 0.05) is 18.8 Å². The SMILES string of the molecule is CCNC(=NCC1(O)CCSC1)NCCc1cccc(F)c1.I. The summed E-state index contributed by atoms with van der Waals surface area (Å²) in [5.74, 6) is 2.23. The molecule has 0 bridgehead atoms. The molecule has 7 heteroatoms. The number of rotatable bonds is 6. The third-order valence-electron chi connectivity index (χ3n) is 3.55. The van der Waals surface area contributed by atoms with Crippen LogP contribution in [0, 0.1) is 5.82 Å². The molecule has 0 aliphatic carbocycles. The lowest BCUT2D eigenvalue weighted by Gasteiger charge is -2.19. The van der Waals surface area contributed by atoms with Gasteiger partial charge in [0.25, 0.3) is 0 Å². The zero-order valence-electron chi connectivity index (χ0n) is 13.3. The van der Waals surface area contributed by atoms with Gasteiger partial charge in [-0.25, -0.2) is 4.39 Å². The van der Waals surface area contributed by atoms with Crippen molar-refractivity contribution in [2.24, 2.45) is 4.99 Å². The van der Waals surface area contributed by atoms with Gasteiger partial charge in [-0.3, -0.25) is 4.99 Å². The first kappa shape index (κ1) is 20.5. The summed E-state index contributed by atoms with van der Waals surface area (Å²) in [6, 6.07) is 6.62. The monoisotopic (exact) mass is 453 g/mol. The second-order valence-electron chi connectivity index (χ2n) is 5.53. The van der Waals surface area contributed by atoms with Gasteiger partial charge < -0.3 is 15.7 Å². The van der Waals surface area contributed by atoms with Crippen molar-refractivity contribution in [1.82, 2.24) is 10.6 Å². The van der Waals surface area contributed by atoms with Gasteiger partial charge in [0.15, 0.2) is 5.96 Å². The predicted octanol–water partition coefficient (Wildman–Crippen LogP) is 2.41. The molecule has 0 amide bonds. The highest BCUT2D eigenvalue weighted by Crippen LogP contribution is 2.27. The van der Waals surface area contributed by atoms with Crippen LogP contribution in [0.1, 0.15) is 18.9 Å². The number of halogens is 2. The number of guanidine groups is 1. The second kappa shape index (κ2) is 10.4. The third kappa shape index (κ3) is 7.26. The molecule has 23 heavy (non-hydrogen) atoms. The maximum Gasteiger partial charge on any atom is 0.191 e. The Bertz CT molecular complexity index is 510. The van der Waals surface area contributed by atoms with Crippen molar-refractivity contribution in [3.63, 3.8) is 0 Å². The zero-order valence-corrected chi connectivity index (χ0v) is 16.5. The van der Waals surface area contributed by atoms with E-state index in [1.165, 1.54) is 6.07 Å². The van der Waals surface area contributed by atoms with E-state index in [2.05, 4.69) is 15.6 Å². The molecule has 1 aliphatic rings. The number of nitrogens with one attached hydrogen (secondary N) is 2. The van der Waals surface area contributed by atoms with Crippen molar-refractivity contribution < 1.29 is 9.50 Å². The molecule has 0 spiro atoms. The molecule has 1 fully saturated rings. The highest BCUT2D eigenvalue weighted by Gasteiger charge is 2.31. The maximum atomic E-state index is 13.1. The predicted molar refractivity (Wildman–Crippen MR) is 106 cm³/mol. The van der Waals surface area contributed by atoms with Crippen LogP contribution in [0.15, 0.2) is 29.3 Å². The molecule has 1 aromatic rings. The molecular formula is C16H25FIN3OS. The Morgan fingerprint density at radius 3 is 2.91 bits per heavy atom. The number of hydrogen-bond donors (Lipinski definition) is 3. The lowest BCUT2D eigenvalue weighted by atomic mass is 10.1. The van der Waals surface area contributed by atoms with Gasteiger partial charge in [-0.1, -0.05) is 12.1 Å². The van der Waals surface area contributed by atoms with E-state index >= 15 is 0 Å². The van der Waals surface area contributed by atoms with E-state index in [-0.39, 0.29) is 29.8 Å². The quantitative estimate of drug-likeness (QED) is 0.352. The normalized spacial score (nSPS) is 20.9. The number of hydrogen-bond acceptors (Lipinski definition) is 3. The number of aliphatic imine (C=N–C) groups is 1. The Labute approximate surface area is 158 Å². The van der Waals surface area contributed by atoms with Crippen molar-refractivity contribution in [2.45, 2.75) is 25.4 Å². The maximum absolute atomic E-state index is 13.1. The van der Waals surface area contributed by atoms with E-state index < -0.39 is 5.60 Å². The molecule has 1 unspecified atom stereocenters. The second-order valence-corrected chi connectivity index (χ2v) is 6.63. The molecule has 1 atom stereocenters. The summed E-state index contributed by atoms with van der Waals surface area (Å²) in [6.07, 6.45) is 1.52. The van der Waals surface area contributed by atoms with Crippen LogP contribution in [0.2, 0.25) is 0 Å². The van der Waals surface area contributed by atoms with Crippen LogP contribution < -0.4 is 10.6 Å². The number of aliphatic hydroxyl groups is 1. The summed E-state index contributed by atoms with van der Waals surface area (Å²) in [6.45, 7) is 3.85. The minimum absolute atomic E-state index is 0. The van der Waals surface area contributed by atoms with Gasteiger partial charge in [-0.15, -0.1) is 24.0 Å². The summed E-state index contributed by atoms with van der Waals surface area (Å²) < 4.78 is 13.1. The molecule has 0 radical (unpaired) electrons. The number of nitrogens with zero attached hydrogens (tertiary/aromatic N) is 1. The first-order valence-electron chi connectivity index (χ1n) is 7.68. The summed E-state index contributed by atoms with van der Waals surface area (Å²) >= 11 is 1.77. The highest BCUT2D eigenvalue weighted by atomic mass is 127. The molecule has 1 saturated heterocycles. The number of benzene rings is 1. The topological polar surface area (TPSA) is 56.7 Å². The van der Waals surface area contributed by atoms with Crippen molar-refractivity contribution >= 4 is 41.7 Å². The van der Waals surface area contributed by atoms with E-state index in [1.54, 1.807) is 23.9 Å². The summed E-state index contributed by atoms with van der Waals surface area (Å²) in [7, 11) is 0. The van der Waals surface area contributed by atoms with Crippen LogP contribution in [0.5, 0.6) is 0 Å². The van der Waals surface area contributed by atoms with E-state index in [1.807, 2.05) is 13.0 Å². The van der Waals surface area contributed by atoms with Crippen LogP contribution in [-0.4, -0.2) is 47.8 Å². The van der Waals surface area contributed by atoms with Crippen LogP contribution in [0.25, 0.3) is 0 Å². The summed E-state index contributed by atoms with van der Waals surface area (Å²) in [4.78, 5) is 4.47. The van der Waals surface area contributed by atoms with Crippen molar-refractivity contribution in [3.05, 3.63) is 35.6 Å². The molecular weight excluding hydrogens is 428 g/mol. The van der Waals surface area contributed by atoms with Gasteiger partial charge in [0.05, 0.1) is 12.1 Å². The van der Waals surface area contributed by atoms with E-state index in [0.29, 0.717) is 19.0 Å². The van der Waals surface area contributed by atoms with Crippen molar-refractivity contribution in [3.8, 4) is 0 Å². The standard InChI is InChI=1S/C16H24FN3OS.HI/c1-2-18-15(20-11-16(21)7-9-22-12-16)19-8-6-13-4-3-5-14(17)10-13;/h3-5,10,21H,2,6-9,11-12H2,1H3,(H2,18,19,20);1H. The Morgan fingerprint density at radius 2 is 2.26 bits per heavy atom. The minimum Gasteiger partial charge on any atom is -0.387 e. The molecule has 1 heterocycles. The van der Waals surface area contributed by atoms with E-state index in [0.717, 1.165) is 36.5 Å². The summed E-state index contributed by atoms with van der Waals surface area (Å²) in [5.41, 5.74) is 0.282. The lowest BCUT2D eigenvalue weighted by molar-refractivity contribution is 0.0778. The van der Waals surface area contributed by atoms with Gasteiger partial charge in [-0.05, 0) is 43.2 Å². The Kier molecular flexibility index (Phi) is 9.23. The van der Waals surface area contributed by atoms with Crippen LogP contribution in [0.4, 0.5) is 4.39 Å². The van der Waals surface area contributed by atoms with E-state index in [4.69, 9.17) is 0 Å². The van der Waals surface area contributed by atoms with Crippen LogP contribution in [0.3, 0.4) is 0 Å². The fourth-order valence-electron chi connectivity index (χ4n) is 2.31. The van der Waals surface area contributed by atoms with Gasteiger partial charge in [0.2, 0.25) is 0 Å². The first-order chi connectivity index (χ1) is 10.6. The average Bonchev–Trinajstić information content (AvgIpc) is 2.92. The molecule has 3 N–H and O–H groups in total. The van der Waals surface area contributed by atoms with Gasteiger partial charge in [0.1, 0.15) is 5.82 Å². The Morgan fingerprint density at radius 1 is 1.43 bits per heavy atom. The lowest BCUT2D eigenvalue weighted by Crippen LogP contribution is -2.40. The Balaban J connectivity index is 0.00000264. The summed E-state index contributed by atoms with van der Waals surface area (Å²) in [5, 5.41) is 16.7. The third-order valence-corrected chi connectivity index (χ3v) is 4.79. The van der Waals surface area contributed by atoms with Crippen molar-refractivity contribution in [1.29, 1.82) is 0 Å². The van der Waals surface area contributed by atoms with Crippen LogP contribution in [-0.2, 0) is 6.42 Å². The van der Waals surface area contributed by atoms with Crippen molar-refractivity contribution in [2.75, 3.05) is 31.1 Å². The average molecular weight is 453 g/mol. The highest BCUT2D eigenvalue weighted by molar-refractivity contribution is 14.0. The molecule has 1 aromatic carbocycles. The van der Waals surface area contributed by atoms with Gasteiger partial charge in [-0.2, -0.15) is 11.8 Å². The Hall–Kier alpha value is -0.540. The molecule has 130 valence electrons. The molecule has 4 nitrogen and oxygen atoms in total. The smallest absolute Gasteiger partial charge is 0.191 e.